The van der Waals surface area contributed by atoms with Crippen LogP contribution in [0.4, 0.5) is 0 Å². The van der Waals surface area contributed by atoms with Crippen molar-refractivity contribution in [2.24, 2.45) is 0 Å². The zero-order chi connectivity index (χ0) is 14.5. The Morgan fingerprint density at radius 1 is 1.35 bits per heavy atom. The first kappa shape index (κ1) is 15.8. The van der Waals surface area contributed by atoms with Crippen molar-refractivity contribution in [2.45, 2.75) is 45.2 Å². The fraction of sp³-hybridized carbons (Fsp3) is 0.533. The number of unbranched alkanes of at least 4 members (excludes halogenated alkanes) is 1. The van der Waals surface area contributed by atoms with Crippen molar-refractivity contribution in [1.82, 2.24) is 9.55 Å². The minimum Gasteiger partial charge on any atom is -0.379 e. The van der Waals surface area contributed by atoms with Gasteiger partial charge in [0.2, 0.25) is 0 Å². The average molecular weight is 360 g/mol. The number of nitrogens with zero attached hydrogens (tertiary/aromatic N) is 2. The molecule has 110 valence electrons. The van der Waals surface area contributed by atoms with E-state index >= 15 is 0 Å². The minimum atomic E-state index is 0.304. The fourth-order valence-electron chi connectivity index (χ4n) is 2.19. The van der Waals surface area contributed by atoms with Gasteiger partial charge in [0.1, 0.15) is 5.82 Å². The number of halogens is 2. The maximum absolute atomic E-state index is 6.01. The van der Waals surface area contributed by atoms with E-state index in [0.29, 0.717) is 12.0 Å². The van der Waals surface area contributed by atoms with E-state index in [0.717, 1.165) is 47.3 Å². The number of benzene rings is 1. The molecule has 0 saturated heterocycles. The monoisotopic (exact) mass is 358 g/mol. The molecule has 1 aromatic heterocycles. The maximum Gasteiger partial charge on any atom is 0.124 e. The van der Waals surface area contributed by atoms with Crippen molar-refractivity contribution in [1.29, 1.82) is 0 Å². The van der Waals surface area contributed by atoms with E-state index in [1.807, 2.05) is 12.1 Å². The fourth-order valence-corrected chi connectivity index (χ4v) is 2.74. The molecule has 20 heavy (non-hydrogen) atoms. The van der Waals surface area contributed by atoms with Gasteiger partial charge in [0.15, 0.2) is 0 Å². The summed E-state index contributed by atoms with van der Waals surface area (Å²) in [7, 11) is 0. The predicted octanol–water partition coefficient (Wildman–Crippen LogP) is 4.74. The summed E-state index contributed by atoms with van der Waals surface area (Å²) < 4.78 is 8.84. The van der Waals surface area contributed by atoms with Crippen molar-refractivity contribution < 1.29 is 4.74 Å². The standard InChI is InChI=1S/C15H20BrClN2O/c1-11(2)20-8-4-3-7-19-14-9-12(16)5-6-13(14)18-15(19)10-17/h5-6,9,11H,3-4,7-8,10H2,1-2H3. The van der Waals surface area contributed by atoms with Crippen molar-refractivity contribution >= 4 is 38.6 Å². The van der Waals surface area contributed by atoms with Crippen LogP contribution < -0.4 is 0 Å². The molecule has 0 N–H and O–H groups in total. The molecule has 0 amide bonds. The highest BCUT2D eigenvalue weighted by atomic mass is 79.9. The Bertz CT molecular complexity index is 568. The van der Waals surface area contributed by atoms with Crippen LogP contribution in [-0.2, 0) is 17.2 Å². The van der Waals surface area contributed by atoms with Crippen LogP contribution in [0.25, 0.3) is 11.0 Å². The van der Waals surface area contributed by atoms with Crippen LogP contribution in [-0.4, -0.2) is 22.3 Å². The zero-order valence-corrected chi connectivity index (χ0v) is 14.2. The number of aryl methyl sites for hydroxylation is 1. The number of imidazole rings is 1. The Hall–Kier alpha value is -0.580. The molecule has 1 heterocycles. The van der Waals surface area contributed by atoms with Gasteiger partial charge in [0, 0.05) is 17.6 Å². The Balaban J connectivity index is 2.06. The summed E-state index contributed by atoms with van der Waals surface area (Å²) in [5.41, 5.74) is 2.14. The first-order chi connectivity index (χ1) is 9.61. The number of hydrogen-bond donors (Lipinski definition) is 0. The molecular formula is C15H20BrClN2O. The van der Waals surface area contributed by atoms with E-state index in [-0.39, 0.29) is 0 Å². The molecule has 0 bridgehead atoms. The Kier molecular flexibility index (Phi) is 5.87. The summed E-state index contributed by atoms with van der Waals surface area (Å²) in [6.45, 7) is 5.86. The number of rotatable bonds is 7. The van der Waals surface area contributed by atoms with Gasteiger partial charge in [-0.25, -0.2) is 4.98 Å². The molecule has 0 atom stereocenters. The van der Waals surface area contributed by atoms with Crippen molar-refractivity contribution in [2.75, 3.05) is 6.61 Å². The quantitative estimate of drug-likeness (QED) is 0.527. The number of hydrogen-bond acceptors (Lipinski definition) is 2. The highest BCUT2D eigenvalue weighted by Gasteiger charge is 2.10. The van der Waals surface area contributed by atoms with Gasteiger partial charge in [0.25, 0.3) is 0 Å². The summed E-state index contributed by atoms with van der Waals surface area (Å²) in [6, 6.07) is 6.13. The summed E-state index contributed by atoms with van der Waals surface area (Å²) in [5, 5.41) is 0. The van der Waals surface area contributed by atoms with Crippen LogP contribution >= 0.6 is 27.5 Å². The molecule has 0 saturated carbocycles. The lowest BCUT2D eigenvalue weighted by Crippen LogP contribution is -2.07. The summed E-state index contributed by atoms with van der Waals surface area (Å²) in [5.74, 6) is 1.37. The van der Waals surface area contributed by atoms with Gasteiger partial charge in [-0.05, 0) is 44.9 Å². The first-order valence-electron chi connectivity index (χ1n) is 6.94. The van der Waals surface area contributed by atoms with E-state index in [1.54, 1.807) is 0 Å². The van der Waals surface area contributed by atoms with E-state index in [1.165, 1.54) is 0 Å². The summed E-state index contributed by atoms with van der Waals surface area (Å²) in [6.07, 6.45) is 2.42. The lowest BCUT2D eigenvalue weighted by Gasteiger charge is -2.09. The minimum absolute atomic E-state index is 0.304. The molecule has 0 radical (unpaired) electrons. The van der Waals surface area contributed by atoms with Crippen LogP contribution in [0.3, 0.4) is 0 Å². The highest BCUT2D eigenvalue weighted by molar-refractivity contribution is 9.10. The second-order valence-corrected chi connectivity index (χ2v) is 6.26. The normalized spacial score (nSPS) is 11.7. The van der Waals surface area contributed by atoms with Gasteiger partial charge < -0.3 is 9.30 Å². The molecule has 0 spiro atoms. The van der Waals surface area contributed by atoms with Crippen molar-refractivity contribution in [3.05, 3.63) is 28.5 Å². The van der Waals surface area contributed by atoms with Gasteiger partial charge in [-0.15, -0.1) is 11.6 Å². The molecular weight excluding hydrogens is 340 g/mol. The van der Waals surface area contributed by atoms with Gasteiger partial charge in [-0.1, -0.05) is 15.9 Å². The van der Waals surface area contributed by atoms with Gasteiger partial charge in [-0.2, -0.15) is 0 Å². The van der Waals surface area contributed by atoms with Crippen LogP contribution in [0.2, 0.25) is 0 Å². The third-order valence-electron chi connectivity index (χ3n) is 3.14. The molecule has 0 aliphatic heterocycles. The third-order valence-corrected chi connectivity index (χ3v) is 3.87. The molecule has 1 aromatic carbocycles. The number of fused-ring (bicyclic) bond motifs is 1. The molecule has 0 fully saturated rings. The molecule has 0 aliphatic rings. The largest absolute Gasteiger partial charge is 0.379 e. The molecule has 2 rings (SSSR count). The Labute approximate surface area is 133 Å². The average Bonchev–Trinajstić information content (AvgIpc) is 2.75. The summed E-state index contributed by atoms with van der Waals surface area (Å²) in [4.78, 5) is 4.58. The smallest absolute Gasteiger partial charge is 0.124 e. The molecule has 5 heteroatoms. The SMILES string of the molecule is CC(C)OCCCCn1c(CCl)nc2ccc(Br)cc21. The van der Waals surface area contributed by atoms with Crippen LogP contribution in [0.15, 0.2) is 22.7 Å². The van der Waals surface area contributed by atoms with E-state index in [2.05, 4.69) is 45.4 Å². The number of aromatic nitrogens is 2. The highest BCUT2D eigenvalue weighted by Crippen LogP contribution is 2.22. The van der Waals surface area contributed by atoms with Gasteiger partial charge in [-0.3, -0.25) is 0 Å². The second kappa shape index (κ2) is 7.43. The predicted molar refractivity (Wildman–Crippen MR) is 87.3 cm³/mol. The van der Waals surface area contributed by atoms with Crippen molar-refractivity contribution in [3.63, 3.8) is 0 Å². The molecule has 3 nitrogen and oxygen atoms in total. The molecule has 0 aliphatic carbocycles. The Morgan fingerprint density at radius 3 is 2.85 bits per heavy atom. The summed E-state index contributed by atoms with van der Waals surface area (Å²) >= 11 is 9.52. The Morgan fingerprint density at radius 2 is 2.15 bits per heavy atom. The lowest BCUT2D eigenvalue weighted by molar-refractivity contribution is 0.0754. The topological polar surface area (TPSA) is 27.1 Å². The van der Waals surface area contributed by atoms with E-state index in [9.17, 15) is 0 Å². The lowest BCUT2D eigenvalue weighted by atomic mass is 10.3. The van der Waals surface area contributed by atoms with Crippen LogP contribution in [0.1, 0.15) is 32.5 Å². The zero-order valence-electron chi connectivity index (χ0n) is 11.9. The third kappa shape index (κ3) is 3.96. The first-order valence-corrected chi connectivity index (χ1v) is 8.27. The molecule has 0 unspecified atom stereocenters. The van der Waals surface area contributed by atoms with Crippen LogP contribution in [0, 0.1) is 0 Å². The number of alkyl halides is 1. The molecule has 2 aromatic rings. The maximum atomic E-state index is 6.01. The van der Waals surface area contributed by atoms with Crippen LogP contribution in [0.5, 0.6) is 0 Å². The van der Waals surface area contributed by atoms with Gasteiger partial charge in [0.05, 0.1) is 23.0 Å². The second-order valence-electron chi connectivity index (χ2n) is 5.07. The van der Waals surface area contributed by atoms with Crippen molar-refractivity contribution in [3.8, 4) is 0 Å². The van der Waals surface area contributed by atoms with E-state index < -0.39 is 0 Å². The van der Waals surface area contributed by atoms with Gasteiger partial charge >= 0.3 is 0 Å². The number of ether oxygens (including phenoxy) is 1. The van der Waals surface area contributed by atoms with E-state index in [4.69, 9.17) is 16.3 Å².